The number of hydrogen-bond donors (Lipinski definition) is 1. The first-order chi connectivity index (χ1) is 8.29. The molecule has 0 radical (unpaired) electrons. The number of nitrogens with zero attached hydrogens (tertiary/aromatic N) is 2. The fourth-order valence-electron chi connectivity index (χ4n) is 3.07. The summed E-state index contributed by atoms with van der Waals surface area (Å²) < 4.78 is 8.11. The van der Waals surface area contributed by atoms with E-state index < -0.39 is 0 Å². The summed E-state index contributed by atoms with van der Waals surface area (Å²) in [6.07, 6.45) is 3.91. The van der Waals surface area contributed by atoms with Crippen LogP contribution in [0, 0.1) is 6.92 Å². The number of ether oxygens (including phenoxy) is 1. The quantitative estimate of drug-likeness (QED) is 0.864. The van der Waals surface area contributed by atoms with Gasteiger partial charge in [-0.3, -0.25) is 0 Å². The van der Waals surface area contributed by atoms with Crippen LogP contribution >= 0.6 is 0 Å². The van der Waals surface area contributed by atoms with Gasteiger partial charge in [0.1, 0.15) is 5.82 Å². The van der Waals surface area contributed by atoms with Crippen molar-refractivity contribution in [3.8, 4) is 0 Å². The fourth-order valence-corrected chi connectivity index (χ4v) is 3.07. The van der Waals surface area contributed by atoms with Crippen molar-refractivity contribution in [2.75, 3.05) is 13.2 Å². The van der Waals surface area contributed by atoms with Gasteiger partial charge in [-0.2, -0.15) is 0 Å². The standard InChI is InChI=1S/C13H21N3O/c1-3-17-11-6-10(7-11)16-9(2)15-12-8-14-5-4-13(12)16/h10-11,14H,3-8H2,1-2H3. The van der Waals surface area contributed by atoms with Crippen molar-refractivity contribution in [1.29, 1.82) is 0 Å². The van der Waals surface area contributed by atoms with Gasteiger partial charge < -0.3 is 14.6 Å². The van der Waals surface area contributed by atoms with E-state index >= 15 is 0 Å². The maximum Gasteiger partial charge on any atom is 0.106 e. The van der Waals surface area contributed by atoms with Gasteiger partial charge in [-0.15, -0.1) is 0 Å². The molecule has 0 bridgehead atoms. The lowest BCUT2D eigenvalue weighted by molar-refractivity contribution is -0.0208. The Morgan fingerprint density at radius 2 is 2.29 bits per heavy atom. The Morgan fingerprint density at radius 3 is 3.06 bits per heavy atom. The van der Waals surface area contributed by atoms with Crippen molar-refractivity contribution in [3.63, 3.8) is 0 Å². The summed E-state index contributed by atoms with van der Waals surface area (Å²) in [7, 11) is 0. The first-order valence-electron chi connectivity index (χ1n) is 6.68. The Morgan fingerprint density at radius 1 is 1.47 bits per heavy atom. The average molecular weight is 235 g/mol. The van der Waals surface area contributed by atoms with Crippen LogP contribution in [0.15, 0.2) is 0 Å². The zero-order valence-corrected chi connectivity index (χ0v) is 10.7. The number of fused-ring (bicyclic) bond motifs is 1. The smallest absolute Gasteiger partial charge is 0.106 e. The SMILES string of the molecule is CCOC1CC(n2c(C)nc3c2CCNC3)C1. The summed E-state index contributed by atoms with van der Waals surface area (Å²) in [5.41, 5.74) is 2.72. The highest BCUT2D eigenvalue weighted by molar-refractivity contribution is 5.21. The Kier molecular flexibility index (Phi) is 2.92. The zero-order chi connectivity index (χ0) is 11.8. The Bertz CT molecular complexity index is 407. The monoisotopic (exact) mass is 235 g/mol. The van der Waals surface area contributed by atoms with E-state index in [2.05, 4.69) is 28.7 Å². The second-order valence-electron chi connectivity index (χ2n) is 5.05. The summed E-state index contributed by atoms with van der Waals surface area (Å²) in [4.78, 5) is 4.68. The molecule has 4 heteroatoms. The van der Waals surface area contributed by atoms with Gasteiger partial charge in [0, 0.05) is 37.9 Å². The Labute approximate surface area is 102 Å². The van der Waals surface area contributed by atoms with Gasteiger partial charge in [-0.25, -0.2) is 4.98 Å². The first-order valence-corrected chi connectivity index (χ1v) is 6.68. The minimum Gasteiger partial charge on any atom is -0.378 e. The van der Waals surface area contributed by atoms with Crippen LogP contribution in [0.3, 0.4) is 0 Å². The number of hydrogen-bond acceptors (Lipinski definition) is 3. The van der Waals surface area contributed by atoms with Crippen molar-refractivity contribution in [3.05, 3.63) is 17.2 Å². The predicted octanol–water partition coefficient (Wildman–Crippen LogP) is 1.58. The molecule has 4 nitrogen and oxygen atoms in total. The van der Waals surface area contributed by atoms with Crippen LogP contribution in [-0.4, -0.2) is 28.8 Å². The predicted molar refractivity (Wildman–Crippen MR) is 66.1 cm³/mol. The number of aryl methyl sites for hydroxylation is 1. The van der Waals surface area contributed by atoms with Crippen molar-refractivity contribution in [2.45, 2.75) is 51.8 Å². The minimum absolute atomic E-state index is 0.476. The molecule has 0 spiro atoms. The lowest BCUT2D eigenvalue weighted by Crippen LogP contribution is -2.35. The van der Waals surface area contributed by atoms with E-state index in [1.807, 2.05) is 0 Å². The largest absolute Gasteiger partial charge is 0.378 e. The van der Waals surface area contributed by atoms with Crippen LogP contribution in [0.25, 0.3) is 0 Å². The van der Waals surface area contributed by atoms with E-state index in [9.17, 15) is 0 Å². The molecule has 1 aromatic rings. The molecule has 94 valence electrons. The third kappa shape index (κ3) is 1.89. The molecule has 1 aliphatic heterocycles. The molecule has 1 aliphatic carbocycles. The van der Waals surface area contributed by atoms with Crippen LogP contribution in [-0.2, 0) is 17.7 Å². The van der Waals surface area contributed by atoms with Crippen molar-refractivity contribution < 1.29 is 4.74 Å². The molecule has 0 unspecified atom stereocenters. The summed E-state index contributed by atoms with van der Waals surface area (Å²) in [6, 6.07) is 0.626. The summed E-state index contributed by atoms with van der Waals surface area (Å²) >= 11 is 0. The molecule has 1 N–H and O–H groups in total. The normalized spacial score (nSPS) is 27.6. The van der Waals surface area contributed by atoms with Crippen molar-refractivity contribution in [1.82, 2.24) is 14.9 Å². The third-order valence-corrected chi connectivity index (χ3v) is 3.94. The number of rotatable bonds is 3. The molecular weight excluding hydrogens is 214 g/mol. The fraction of sp³-hybridized carbons (Fsp3) is 0.769. The average Bonchev–Trinajstić information content (AvgIpc) is 2.59. The molecule has 1 fully saturated rings. The van der Waals surface area contributed by atoms with Gasteiger partial charge in [0.05, 0.1) is 11.8 Å². The second-order valence-corrected chi connectivity index (χ2v) is 5.05. The van der Waals surface area contributed by atoms with E-state index in [4.69, 9.17) is 4.74 Å². The highest BCUT2D eigenvalue weighted by Crippen LogP contribution is 2.37. The molecule has 0 atom stereocenters. The lowest BCUT2D eigenvalue weighted by atomic mass is 9.88. The van der Waals surface area contributed by atoms with Crippen LogP contribution in [0.2, 0.25) is 0 Å². The molecule has 2 aliphatic rings. The van der Waals surface area contributed by atoms with Crippen LogP contribution < -0.4 is 5.32 Å². The Balaban J connectivity index is 1.77. The maximum absolute atomic E-state index is 5.64. The van der Waals surface area contributed by atoms with Crippen LogP contribution in [0.1, 0.15) is 43.0 Å². The number of aromatic nitrogens is 2. The van der Waals surface area contributed by atoms with Crippen LogP contribution in [0.4, 0.5) is 0 Å². The van der Waals surface area contributed by atoms with Gasteiger partial charge in [0.25, 0.3) is 0 Å². The van der Waals surface area contributed by atoms with Crippen molar-refractivity contribution in [2.24, 2.45) is 0 Å². The molecule has 17 heavy (non-hydrogen) atoms. The van der Waals surface area contributed by atoms with Gasteiger partial charge in [-0.05, 0) is 26.7 Å². The summed E-state index contributed by atoms with van der Waals surface area (Å²) in [6.45, 7) is 7.06. The molecule has 0 saturated heterocycles. The van der Waals surface area contributed by atoms with E-state index in [1.54, 1.807) is 0 Å². The summed E-state index contributed by atoms with van der Waals surface area (Å²) in [5.74, 6) is 1.18. The highest BCUT2D eigenvalue weighted by Gasteiger charge is 2.34. The topological polar surface area (TPSA) is 39.1 Å². The second kappa shape index (κ2) is 4.42. The summed E-state index contributed by atoms with van der Waals surface area (Å²) in [5, 5.41) is 3.38. The molecule has 0 aromatic carbocycles. The molecular formula is C13H21N3O. The maximum atomic E-state index is 5.64. The van der Waals surface area contributed by atoms with Gasteiger partial charge in [0.2, 0.25) is 0 Å². The molecule has 1 aromatic heterocycles. The molecule has 0 amide bonds. The van der Waals surface area contributed by atoms with E-state index in [0.29, 0.717) is 12.1 Å². The number of nitrogens with one attached hydrogen (secondary N) is 1. The Hall–Kier alpha value is -0.870. The van der Waals surface area contributed by atoms with E-state index in [0.717, 1.165) is 39.0 Å². The molecule has 3 rings (SSSR count). The third-order valence-electron chi connectivity index (χ3n) is 3.94. The zero-order valence-electron chi connectivity index (χ0n) is 10.7. The van der Waals surface area contributed by atoms with E-state index in [-0.39, 0.29) is 0 Å². The lowest BCUT2D eigenvalue weighted by Gasteiger charge is -2.37. The first kappa shape index (κ1) is 11.2. The van der Waals surface area contributed by atoms with Crippen LogP contribution in [0.5, 0.6) is 0 Å². The van der Waals surface area contributed by atoms with Crippen molar-refractivity contribution >= 4 is 0 Å². The van der Waals surface area contributed by atoms with E-state index in [1.165, 1.54) is 17.2 Å². The molecule has 1 saturated carbocycles. The van der Waals surface area contributed by atoms with Gasteiger partial charge in [0.15, 0.2) is 0 Å². The number of imidazole rings is 1. The highest BCUT2D eigenvalue weighted by atomic mass is 16.5. The minimum atomic E-state index is 0.476. The molecule has 2 heterocycles. The van der Waals surface area contributed by atoms with Gasteiger partial charge in [-0.1, -0.05) is 0 Å². The van der Waals surface area contributed by atoms with Gasteiger partial charge >= 0.3 is 0 Å².